The first-order valence-electron chi connectivity index (χ1n) is 8.79. The smallest absolute Gasteiger partial charge is 0.289 e. The second-order valence-electron chi connectivity index (χ2n) is 6.78. The Hall–Kier alpha value is -1.78. The largest absolute Gasteiger partial charge is 0.454 e. The third-order valence-corrected chi connectivity index (χ3v) is 5.14. The summed E-state index contributed by atoms with van der Waals surface area (Å²) in [5, 5.41) is 2.69. The number of rotatable bonds is 4. The minimum Gasteiger partial charge on any atom is -0.454 e. The van der Waals surface area contributed by atoms with Gasteiger partial charge in [0.05, 0.1) is 6.54 Å². The van der Waals surface area contributed by atoms with Crippen molar-refractivity contribution < 1.29 is 14.0 Å². The molecule has 0 bridgehead atoms. The Balaban J connectivity index is 1.65. The monoisotopic (exact) mass is 318 g/mol. The summed E-state index contributed by atoms with van der Waals surface area (Å²) < 4.78 is 5.64. The van der Waals surface area contributed by atoms with Gasteiger partial charge in [0.15, 0.2) is 5.76 Å². The molecule has 1 saturated heterocycles. The molecule has 2 fully saturated rings. The topological polar surface area (TPSA) is 62.6 Å². The average molecular weight is 318 g/mol. The van der Waals surface area contributed by atoms with Gasteiger partial charge in [-0.2, -0.15) is 0 Å². The van der Waals surface area contributed by atoms with Crippen LogP contribution in [0.25, 0.3) is 0 Å². The van der Waals surface area contributed by atoms with Gasteiger partial charge in [-0.05, 0) is 43.7 Å². The number of amides is 2. The van der Waals surface area contributed by atoms with Crippen molar-refractivity contribution in [2.75, 3.05) is 6.54 Å². The van der Waals surface area contributed by atoms with E-state index in [9.17, 15) is 9.59 Å². The van der Waals surface area contributed by atoms with E-state index in [4.69, 9.17) is 4.42 Å². The van der Waals surface area contributed by atoms with Gasteiger partial charge in [-0.1, -0.05) is 19.3 Å². The fraction of sp³-hybridized carbons (Fsp3) is 0.667. The van der Waals surface area contributed by atoms with Gasteiger partial charge in [-0.3, -0.25) is 9.59 Å². The number of carbonyl (C=O) groups excluding carboxylic acids is 2. The first kappa shape index (κ1) is 16.1. The van der Waals surface area contributed by atoms with Crippen LogP contribution in [0.5, 0.6) is 0 Å². The number of likely N-dealkylation sites (tertiary alicyclic amines) is 1. The third kappa shape index (κ3) is 3.77. The maximum absolute atomic E-state index is 12.8. The molecule has 2 heterocycles. The lowest BCUT2D eigenvalue weighted by Gasteiger charge is -2.33. The standard InChI is InChI=1S/C18H26N2O3/c1-13(21)19-12-15-9-10-17(23-15)18(22)20-11-5-8-16(20)14-6-3-2-4-7-14/h9-10,14,16H,2-8,11-12H2,1H3,(H,19,21)/t16-/m0/s1. The Kier molecular flexibility index (Phi) is 5.03. The van der Waals surface area contributed by atoms with Crippen LogP contribution < -0.4 is 5.32 Å². The molecule has 1 saturated carbocycles. The van der Waals surface area contributed by atoms with E-state index in [0.29, 0.717) is 30.0 Å². The van der Waals surface area contributed by atoms with Crippen molar-refractivity contribution in [3.8, 4) is 0 Å². The lowest BCUT2D eigenvalue weighted by molar-refractivity contribution is -0.119. The minimum absolute atomic E-state index is 0.00662. The number of furan rings is 1. The third-order valence-electron chi connectivity index (χ3n) is 5.14. The number of hydrogen-bond donors (Lipinski definition) is 1. The Labute approximate surface area is 137 Å². The van der Waals surface area contributed by atoms with Gasteiger partial charge in [0.1, 0.15) is 5.76 Å². The second-order valence-corrected chi connectivity index (χ2v) is 6.78. The average Bonchev–Trinajstić information content (AvgIpc) is 3.22. The summed E-state index contributed by atoms with van der Waals surface area (Å²) in [7, 11) is 0. The zero-order chi connectivity index (χ0) is 16.2. The minimum atomic E-state index is -0.105. The molecule has 126 valence electrons. The van der Waals surface area contributed by atoms with E-state index in [0.717, 1.165) is 19.4 Å². The van der Waals surface area contributed by atoms with Gasteiger partial charge < -0.3 is 14.6 Å². The highest BCUT2D eigenvalue weighted by molar-refractivity contribution is 5.92. The van der Waals surface area contributed by atoms with Crippen LogP contribution in [0.3, 0.4) is 0 Å². The van der Waals surface area contributed by atoms with Crippen LogP contribution in [0.15, 0.2) is 16.5 Å². The lowest BCUT2D eigenvalue weighted by Crippen LogP contribution is -2.40. The van der Waals surface area contributed by atoms with Crippen molar-refractivity contribution in [2.45, 2.75) is 64.5 Å². The predicted molar refractivity (Wildman–Crippen MR) is 86.9 cm³/mol. The summed E-state index contributed by atoms with van der Waals surface area (Å²) in [6.45, 7) is 2.63. The molecule has 0 aromatic carbocycles. The van der Waals surface area contributed by atoms with E-state index < -0.39 is 0 Å². The molecule has 1 aliphatic carbocycles. The van der Waals surface area contributed by atoms with Crippen molar-refractivity contribution in [3.05, 3.63) is 23.7 Å². The Morgan fingerprint density at radius 2 is 1.96 bits per heavy atom. The summed E-state index contributed by atoms with van der Waals surface area (Å²) in [6, 6.07) is 3.89. The molecule has 3 rings (SSSR count). The van der Waals surface area contributed by atoms with E-state index in [-0.39, 0.29) is 11.8 Å². The molecule has 1 aromatic heterocycles. The molecule has 1 atom stereocenters. The maximum atomic E-state index is 12.8. The molecule has 5 heteroatoms. The zero-order valence-corrected chi connectivity index (χ0v) is 13.8. The second kappa shape index (κ2) is 7.20. The van der Waals surface area contributed by atoms with Crippen LogP contribution in [0, 0.1) is 5.92 Å². The normalized spacial score (nSPS) is 22.3. The molecule has 2 amide bonds. The molecule has 2 aliphatic rings. The molecule has 0 unspecified atom stereocenters. The number of nitrogens with one attached hydrogen (secondary N) is 1. The number of hydrogen-bond acceptors (Lipinski definition) is 3. The SMILES string of the molecule is CC(=O)NCc1ccc(C(=O)N2CCC[C@H]2C2CCCCC2)o1. The quantitative estimate of drug-likeness (QED) is 0.928. The van der Waals surface area contributed by atoms with Crippen LogP contribution in [-0.2, 0) is 11.3 Å². The van der Waals surface area contributed by atoms with Crippen molar-refractivity contribution in [3.63, 3.8) is 0 Å². The highest BCUT2D eigenvalue weighted by Gasteiger charge is 2.36. The van der Waals surface area contributed by atoms with Crippen LogP contribution in [0.4, 0.5) is 0 Å². The van der Waals surface area contributed by atoms with Gasteiger partial charge in [-0.25, -0.2) is 0 Å². The van der Waals surface area contributed by atoms with Gasteiger partial charge in [0.2, 0.25) is 5.91 Å². The summed E-state index contributed by atoms with van der Waals surface area (Å²) in [6.07, 6.45) is 8.64. The molecular formula is C18H26N2O3. The van der Waals surface area contributed by atoms with E-state index >= 15 is 0 Å². The van der Waals surface area contributed by atoms with Crippen LogP contribution in [0.2, 0.25) is 0 Å². The fourth-order valence-electron chi connectivity index (χ4n) is 3.99. The predicted octanol–water partition coefficient (Wildman–Crippen LogP) is 3.10. The molecule has 23 heavy (non-hydrogen) atoms. The van der Waals surface area contributed by atoms with Gasteiger partial charge in [-0.15, -0.1) is 0 Å². The van der Waals surface area contributed by atoms with Gasteiger partial charge >= 0.3 is 0 Å². The summed E-state index contributed by atoms with van der Waals surface area (Å²) in [4.78, 5) is 25.8. The maximum Gasteiger partial charge on any atom is 0.289 e. The highest BCUT2D eigenvalue weighted by Crippen LogP contribution is 2.35. The van der Waals surface area contributed by atoms with E-state index in [1.165, 1.54) is 39.0 Å². The molecule has 1 aromatic rings. The molecule has 0 radical (unpaired) electrons. The Bertz CT molecular complexity index is 560. The van der Waals surface area contributed by atoms with Crippen LogP contribution >= 0.6 is 0 Å². The molecular weight excluding hydrogens is 292 g/mol. The molecule has 1 N–H and O–H groups in total. The zero-order valence-electron chi connectivity index (χ0n) is 13.8. The van der Waals surface area contributed by atoms with E-state index in [1.54, 1.807) is 12.1 Å². The Morgan fingerprint density at radius 3 is 2.70 bits per heavy atom. The van der Waals surface area contributed by atoms with Crippen molar-refractivity contribution in [2.24, 2.45) is 5.92 Å². The first-order valence-corrected chi connectivity index (χ1v) is 8.79. The summed E-state index contributed by atoms with van der Waals surface area (Å²) >= 11 is 0. The lowest BCUT2D eigenvalue weighted by atomic mass is 9.83. The highest BCUT2D eigenvalue weighted by atomic mass is 16.4. The number of nitrogens with zero attached hydrogens (tertiary/aromatic N) is 1. The van der Waals surface area contributed by atoms with Crippen LogP contribution in [-0.4, -0.2) is 29.3 Å². The van der Waals surface area contributed by atoms with Gasteiger partial charge in [0, 0.05) is 19.5 Å². The summed E-state index contributed by atoms with van der Waals surface area (Å²) in [5.74, 6) is 1.58. The van der Waals surface area contributed by atoms with Crippen molar-refractivity contribution >= 4 is 11.8 Å². The Morgan fingerprint density at radius 1 is 1.17 bits per heavy atom. The summed E-state index contributed by atoms with van der Waals surface area (Å²) in [5.41, 5.74) is 0. The van der Waals surface area contributed by atoms with E-state index in [2.05, 4.69) is 5.32 Å². The number of carbonyl (C=O) groups is 2. The van der Waals surface area contributed by atoms with E-state index in [1.807, 2.05) is 4.90 Å². The fourth-order valence-corrected chi connectivity index (χ4v) is 3.99. The van der Waals surface area contributed by atoms with Crippen molar-refractivity contribution in [1.82, 2.24) is 10.2 Å². The van der Waals surface area contributed by atoms with Crippen LogP contribution in [0.1, 0.15) is 68.2 Å². The molecule has 1 aliphatic heterocycles. The van der Waals surface area contributed by atoms with Crippen molar-refractivity contribution in [1.29, 1.82) is 0 Å². The molecule has 0 spiro atoms. The molecule has 5 nitrogen and oxygen atoms in total. The first-order chi connectivity index (χ1) is 11.1. The van der Waals surface area contributed by atoms with Gasteiger partial charge in [0.25, 0.3) is 5.91 Å².